The third-order valence-corrected chi connectivity index (χ3v) is 14.1. The second kappa shape index (κ2) is 10.1. The molecule has 1 aromatic rings. The van der Waals surface area contributed by atoms with Crippen molar-refractivity contribution >= 4 is 31.8 Å². The number of epoxide rings is 1. The van der Waals surface area contributed by atoms with Crippen LogP contribution in [-0.2, 0) is 20.5 Å². The molecule has 3 nitrogen and oxygen atoms in total. The van der Waals surface area contributed by atoms with Gasteiger partial charge < -0.3 is 13.9 Å². The maximum atomic E-state index is 6.92. The van der Waals surface area contributed by atoms with E-state index in [1.54, 1.807) is 0 Å². The zero-order valence-electron chi connectivity index (χ0n) is 18.7. The van der Waals surface area contributed by atoms with Crippen molar-refractivity contribution in [1.82, 2.24) is 0 Å². The smallest absolute Gasteiger partial charge is 0.192 e. The largest absolute Gasteiger partial charge is 0.412 e. The van der Waals surface area contributed by atoms with Crippen LogP contribution in [0.1, 0.15) is 45.6 Å². The minimum Gasteiger partial charge on any atom is -0.412 e. The van der Waals surface area contributed by atoms with Crippen molar-refractivity contribution in [3.05, 3.63) is 35.9 Å². The fourth-order valence-corrected chi connectivity index (χ4v) is 8.32. The molecule has 1 aromatic carbocycles. The highest BCUT2D eigenvalue weighted by Crippen LogP contribution is 2.51. The van der Waals surface area contributed by atoms with Gasteiger partial charge in [-0.25, -0.2) is 0 Å². The van der Waals surface area contributed by atoms with Crippen LogP contribution in [0, 0.1) is 0 Å². The molecule has 6 heteroatoms. The summed E-state index contributed by atoms with van der Waals surface area (Å²) in [5.74, 6) is 2.49. The SMILES string of the molecule is CC(C)(C)[Si](C)(C)O[C@@H](COCc1ccccc1)CC1(C[C@@H]2CO2)SCCCS1. The molecule has 164 valence electrons. The summed E-state index contributed by atoms with van der Waals surface area (Å²) >= 11 is 4.27. The zero-order valence-corrected chi connectivity index (χ0v) is 21.4. The van der Waals surface area contributed by atoms with Crippen LogP contribution in [0.25, 0.3) is 0 Å². The van der Waals surface area contributed by atoms with E-state index in [4.69, 9.17) is 13.9 Å². The molecule has 2 fully saturated rings. The van der Waals surface area contributed by atoms with Gasteiger partial charge in [0.15, 0.2) is 8.32 Å². The molecule has 2 aliphatic rings. The number of hydrogen-bond acceptors (Lipinski definition) is 5. The topological polar surface area (TPSA) is 31.0 Å². The van der Waals surface area contributed by atoms with E-state index in [1.807, 2.05) is 6.07 Å². The van der Waals surface area contributed by atoms with Gasteiger partial charge >= 0.3 is 0 Å². The summed E-state index contributed by atoms with van der Waals surface area (Å²) in [6.45, 7) is 13.9. The van der Waals surface area contributed by atoms with E-state index in [0.717, 1.165) is 19.4 Å². The first-order valence-electron chi connectivity index (χ1n) is 10.9. The molecule has 2 saturated heterocycles. The van der Waals surface area contributed by atoms with E-state index in [9.17, 15) is 0 Å². The number of rotatable bonds is 10. The lowest BCUT2D eigenvalue weighted by atomic mass is 10.1. The van der Waals surface area contributed by atoms with Crippen molar-refractivity contribution in [3.63, 3.8) is 0 Å². The molecule has 0 aromatic heterocycles. The summed E-state index contributed by atoms with van der Waals surface area (Å²) in [5, 5.41) is 0.199. The van der Waals surface area contributed by atoms with Crippen molar-refractivity contribution in [2.24, 2.45) is 0 Å². The van der Waals surface area contributed by atoms with Gasteiger partial charge in [-0.2, -0.15) is 0 Å². The second-order valence-electron chi connectivity index (χ2n) is 9.83. The fourth-order valence-electron chi connectivity index (χ4n) is 3.43. The normalized spacial score (nSPS) is 23.0. The van der Waals surface area contributed by atoms with Gasteiger partial charge in [0, 0.05) is 0 Å². The Labute approximate surface area is 187 Å². The molecule has 2 aliphatic heterocycles. The van der Waals surface area contributed by atoms with Crippen LogP contribution in [0.15, 0.2) is 30.3 Å². The number of ether oxygens (including phenoxy) is 2. The minimum atomic E-state index is -1.87. The molecular formula is C23H38O3S2Si. The van der Waals surface area contributed by atoms with E-state index in [2.05, 4.69) is 81.7 Å². The summed E-state index contributed by atoms with van der Waals surface area (Å²) in [4.78, 5) is 0. The Balaban J connectivity index is 1.68. The van der Waals surface area contributed by atoms with E-state index >= 15 is 0 Å². The monoisotopic (exact) mass is 454 g/mol. The fraction of sp³-hybridized carbons (Fsp3) is 0.739. The molecule has 0 unspecified atom stereocenters. The van der Waals surface area contributed by atoms with Crippen molar-refractivity contribution < 1.29 is 13.9 Å². The van der Waals surface area contributed by atoms with Gasteiger partial charge in [-0.1, -0.05) is 51.1 Å². The van der Waals surface area contributed by atoms with Gasteiger partial charge in [0.2, 0.25) is 0 Å². The van der Waals surface area contributed by atoms with Gasteiger partial charge in [-0.15, -0.1) is 23.5 Å². The highest BCUT2D eigenvalue weighted by molar-refractivity contribution is 8.18. The van der Waals surface area contributed by atoms with Crippen LogP contribution < -0.4 is 0 Å². The molecule has 0 spiro atoms. The molecule has 2 atom stereocenters. The van der Waals surface area contributed by atoms with Gasteiger partial charge in [0.1, 0.15) is 0 Å². The zero-order chi connectivity index (χ0) is 21.0. The van der Waals surface area contributed by atoms with Crippen LogP contribution in [0.5, 0.6) is 0 Å². The Bertz CT molecular complexity index is 623. The summed E-state index contributed by atoms with van der Waals surface area (Å²) in [5.41, 5.74) is 1.22. The van der Waals surface area contributed by atoms with E-state index in [0.29, 0.717) is 19.3 Å². The Morgan fingerprint density at radius 1 is 1.17 bits per heavy atom. The highest BCUT2D eigenvalue weighted by atomic mass is 32.2. The van der Waals surface area contributed by atoms with Crippen LogP contribution in [0.4, 0.5) is 0 Å². The van der Waals surface area contributed by atoms with E-state index < -0.39 is 8.32 Å². The first kappa shape index (κ1) is 23.7. The van der Waals surface area contributed by atoms with Crippen LogP contribution >= 0.6 is 23.5 Å². The molecule has 2 heterocycles. The predicted molar refractivity (Wildman–Crippen MR) is 129 cm³/mol. The predicted octanol–water partition coefficient (Wildman–Crippen LogP) is 6.34. The van der Waals surface area contributed by atoms with Crippen LogP contribution in [-0.4, -0.2) is 49.3 Å². The summed E-state index contributed by atoms with van der Waals surface area (Å²) < 4.78 is 18.9. The van der Waals surface area contributed by atoms with Crippen LogP contribution in [0.3, 0.4) is 0 Å². The highest BCUT2D eigenvalue weighted by Gasteiger charge is 2.45. The van der Waals surface area contributed by atoms with Gasteiger partial charge in [-0.3, -0.25) is 0 Å². The van der Waals surface area contributed by atoms with Crippen molar-refractivity contribution in [2.75, 3.05) is 24.7 Å². The van der Waals surface area contributed by atoms with E-state index in [1.165, 1.54) is 23.5 Å². The molecular weight excluding hydrogens is 416 g/mol. The molecule has 0 bridgehead atoms. The van der Waals surface area contributed by atoms with Crippen molar-refractivity contribution in [2.45, 2.75) is 81.1 Å². The standard InChI is InChI=1S/C23H38O3S2Si/c1-22(2,3)29(4,5)26-21(17-24-16-19-10-7-6-8-11-19)15-23(14-20-18-25-20)27-12-9-13-28-23/h6-8,10-11,20-21H,9,12-18H2,1-5H3/t20-,21-/m1/s1. The Morgan fingerprint density at radius 3 is 2.41 bits per heavy atom. The van der Waals surface area contributed by atoms with Gasteiger partial charge in [-0.05, 0) is 54.5 Å². The molecule has 29 heavy (non-hydrogen) atoms. The minimum absolute atomic E-state index is 0.136. The number of hydrogen-bond donors (Lipinski definition) is 0. The maximum Gasteiger partial charge on any atom is 0.192 e. The molecule has 0 aliphatic carbocycles. The first-order chi connectivity index (χ1) is 13.7. The lowest BCUT2D eigenvalue weighted by molar-refractivity contribution is 0.0287. The third kappa shape index (κ3) is 7.29. The molecule has 0 saturated carbocycles. The third-order valence-electron chi connectivity index (χ3n) is 6.18. The quantitative estimate of drug-likeness (QED) is 0.304. The molecule has 3 rings (SSSR count). The van der Waals surface area contributed by atoms with Gasteiger partial charge in [0.05, 0.1) is 36.1 Å². The van der Waals surface area contributed by atoms with Crippen molar-refractivity contribution in [3.8, 4) is 0 Å². The number of benzene rings is 1. The first-order valence-corrected chi connectivity index (χ1v) is 15.8. The Kier molecular flexibility index (Phi) is 8.24. The Morgan fingerprint density at radius 2 is 1.83 bits per heavy atom. The van der Waals surface area contributed by atoms with Crippen LogP contribution in [0.2, 0.25) is 18.1 Å². The van der Waals surface area contributed by atoms with Crippen molar-refractivity contribution in [1.29, 1.82) is 0 Å². The maximum absolute atomic E-state index is 6.92. The average Bonchev–Trinajstić information content (AvgIpc) is 3.45. The van der Waals surface area contributed by atoms with Gasteiger partial charge in [0.25, 0.3) is 0 Å². The lowest BCUT2D eigenvalue weighted by Gasteiger charge is -2.43. The number of thioether (sulfide) groups is 2. The molecule has 0 radical (unpaired) electrons. The average molecular weight is 455 g/mol. The summed E-state index contributed by atoms with van der Waals surface area (Å²) in [6, 6.07) is 10.4. The summed E-state index contributed by atoms with van der Waals surface area (Å²) in [7, 11) is -1.87. The summed E-state index contributed by atoms with van der Waals surface area (Å²) in [6.07, 6.45) is 4.08. The van der Waals surface area contributed by atoms with E-state index in [-0.39, 0.29) is 15.2 Å². The lowest BCUT2D eigenvalue weighted by Crippen LogP contribution is -2.47. The second-order valence-corrected chi connectivity index (χ2v) is 17.8. The Hall–Kier alpha value is 0.0169. The molecule has 0 amide bonds. The molecule has 0 N–H and O–H groups in total.